The number of hydrogen-bond donors (Lipinski definition) is 0. The maximum atomic E-state index is 4.02. The van der Waals surface area contributed by atoms with Gasteiger partial charge in [-0.3, -0.25) is 9.80 Å². The van der Waals surface area contributed by atoms with Crippen molar-refractivity contribution in [3.63, 3.8) is 0 Å². The van der Waals surface area contributed by atoms with Crippen molar-refractivity contribution >= 4 is 21.5 Å². The van der Waals surface area contributed by atoms with Crippen molar-refractivity contribution in [3.05, 3.63) is 240 Å². The van der Waals surface area contributed by atoms with Gasteiger partial charge in [0.05, 0.1) is 12.1 Å². The van der Waals surface area contributed by atoms with Gasteiger partial charge in [0.15, 0.2) is 0 Å². The summed E-state index contributed by atoms with van der Waals surface area (Å²) in [5.41, 5.74) is 7.51. The second-order valence-corrected chi connectivity index (χ2v) is 14.0. The summed E-state index contributed by atoms with van der Waals surface area (Å²) in [6, 6.07) is 73.7. The molecule has 8 aromatic rings. The van der Waals surface area contributed by atoms with Gasteiger partial charge >= 0.3 is 0 Å². The van der Waals surface area contributed by atoms with Gasteiger partial charge in [0.1, 0.15) is 0 Å². The zero-order valence-electron chi connectivity index (χ0n) is 30.5. The van der Waals surface area contributed by atoms with Crippen molar-refractivity contribution in [3.8, 4) is 11.8 Å². The smallest absolute Gasteiger partial charge is 0.0983 e. The van der Waals surface area contributed by atoms with Crippen LogP contribution < -0.4 is 0 Å². The Morgan fingerprint density at radius 3 is 0.907 bits per heavy atom. The largest absolute Gasteiger partial charge is 0.277 e. The minimum absolute atomic E-state index is 0.190. The molecular weight excluding hydrogens is 653 g/mol. The first-order chi connectivity index (χ1) is 26.8. The lowest BCUT2D eigenvalue weighted by Crippen LogP contribution is -2.29. The Kier molecular flexibility index (Phi) is 11.0. The molecule has 0 N–H and O–H groups in total. The maximum absolute atomic E-state index is 4.02. The maximum Gasteiger partial charge on any atom is 0.0983 e. The van der Waals surface area contributed by atoms with E-state index in [4.69, 9.17) is 0 Å². The molecule has 0 radical (unpaired) electrons. The monoisotopic (exact) mass is 696 g/mol. The Labute approximate surface area is 320 Å². The van der Waals surface area contributed by atoms with Gasteiger partial charge in [0.2, 0.25) is 0 Å². The van der Waals surface area contributed by atoms with Gasteiger partial charge in [-0.15, -0.1) is 0 Å². The summed E-state index contributed by atoms with van der Waals surface area (Å²) >= 11 is 0. The van der Waals surface area contributed by atoms with Crippen LogP contribution >= 0.6 is 0 Å². The van der Waals surface area contributed by atoms with Crippen LogP contribution in [0.15, 0.2) is 206 Å². The van der Waals surface area contributed by atoms with Gasteiger partial charge in [-0.05, 0) is 54.9 Å². The molecule has 0 aliphatic rings. The van der Waals surface area contributed by atoms with E-state index in [2.05, 4.69) is 228 Å². The summed E-state index contributed by atoms with van der Waals surface area (Å²) in [5, 5.41) is 4.92. The molecule has 2 atom stereocenters. The molecular formula is C52H44N2. The van der Waals surface area contributed by atoms with Crippen molar-refractivity contribution in [2.24, 2.45) is 0 Å². The van der Waals surface area contributed by atoms with Crippen LogP contribution in [-0.2, 0) is 26.2 Å². The van der Waals surface area contributed by atoms with E-state index in [0.29, 0.717) is 0 Å². The fourth-order valence-corrected chi connectivity index (χ4v) is 7.62. The van der Waals surface area contributed by atoms with Gasteiger partial charge < -0.3 is 0 Å². The van der Waals surface area contributed by atoms with Crippen LogP contribution in [0, 0.1) is 11.8 Å². The summed E-state index contributed by atoms with van der Waals surface area (Å²) in [5.74, 6) is 8.04. The molecule has 0 fully saturated rings. The summed E-state index contributed by atoms with van der Waals surface area (Å²) < 4.78 is 0. The molecule has 2 heteroatoms. The van der Waals surface area contributed by atoms with E-state index in [-0.39, 0.29) is 12.1 Å². The third-order valence-corrected chi connectivity index (χ3v) is 10.2. The molecule has 54 heavy (non-hydrogen) atoms. The number of benzene rings is 8. The van der Waals surface area contributed by atoms with E-state index in [0.717, 1.165) is 26.2 Å². The number of hydrogen-bond acceptors (Lipinski definition) is 2. The van der Waals surface area contributed by atoms with Crippen LogP contribution in [-0.4, -0.2) is 9.80 Å². The van der Waals surface area contributed by atoms with Crippen molar-refractivity contribution in [2.75, 3.05) is 0 Å². The van der Waals surface area contributed by atoms with Crippen LogP contribution in [0.2, 0.25) is 0 Å². The summed E-state index contributed by atoms with van der Waals surface area (Å²) in [6.45, 7) is 3.04. The molecule has 0 heterocycles. The standard InChI is InChI=1S/C52H44N2/c1-5-19-41(20-6-1)37-53(38-42-21-7-2-8-22-42)51(49-33-17-29-45-27-13-15-31-47(45)49)35-36-52(50-34-18-30-46-28-14-16-32-48(46)50)54(39-43-23-9-3-10-24-43)40-44-25-11-4-12-26-44/h1-34,51-52H,37-40H2. The van der Waals surface area contributed by atoms with E-state index < -0.39 is 0 Å². The molecule has 0 amide bonds. The topological polar surface area (TPSA) is 6.48 Å². The molecule has 0 aliphatic carbocycles. The minimum Gasteiger partial charge on any atom is -0.277 e. The van der Waals surface area contributed by atoms with Gasteiger partial charge in [0, 0.05) is 26.2 Å². The zero-order chi connectivity index (χ0) is 36.4. The first kappa shape index (κ1) is 34.8. The van der Waals surface area contributed by atoms with E-state index >= 15 is 0 Å². The highest BCUT2D eigenvalue weighted by Gasteiger charge is 2.25. The summed E-state index contributed by atoms with van der Waals surface area (Å²) in [7, 11) is 0. The Balaban J connectivity index is 1.33. The van der Waals surface area contributed by atoms with Crippen LogP contribution in [0.4, 0.5) is 0 Å². The lowest BCUT2D eigenvalue weighted by molar-refractivity contribution is 0.213. The lowest BCUT2D eigenvalue weighted by Gasteiger charge is -2.32. The first-order valence-electron chi connectivity index (χ1n) is 18.9. The van der Waals surface area contributed by atoms with Gasteiger partial charge in [0.25, 0.3) is 0 Å². The van der Waals surface area contributed by atoms with Crippen LogP contribution in [0.25, 0.3) is 21.5 Å². The second-order valence-electron chi connectivity index (χ2n) is 14.0. The molecule has 0 aromatic heterocycles. The third kappa shape index (κ3) is 8.35. The molecule has 0 bridgehead atoms. The van der Waals surface area contributed by atoms with E-state index in [9.17, 15) is 0 Å². The first-order valence-corrected chi connectivity index (χ1v) is 18.9. The minimum atomic E-state index is -0.190. The number of nitrogens with zero attached hydrogens (tertiary/aromatic N) is 2. The van der Waals surface area contributed by atoms with Crippen molar-refractivity contribution in [2.45, 2.75) is 38.3 Å². The average Bonchev–Trinajstić information content (AvgIpc) is 3.23. The molecule has 0 aliphatic heterocycles. The number of rotatable bonds is 12. The molecule has 8 aromatic carbocycles. The molecule has 2 unspecified atom stereocenters. The van der Waals surface area contributed by atoms with Gasteiger partial charge in [-0.1, -0.05) is 218 Å². The van der Waals surface area contributed by atoms with Crippen molar-refractivity contribution in [1.29, 1.82) is 0 Å². The fraction of sp³-hybridized carbons (Fsp3) is 0.115. The van der Waals surface area contributed by atoms with Crippen molar-refractivity contribution in [1.82, 2.24) is 9.80 Å². The van der Waals surface area contributed by atoms with Crippen LogP contribution in [0.1, 0.15) is 45.5 Å². The normalized spacial score (nSPS) is 12.4. The van der Waals surface area contributed by atoms with Gasteiger partial charge in [-0.25, -0.2) is 0 Å². The highest BCUT2D eigenvalue weighted by Crippen LogP contribution is 2.34. The predicted molar refractivity (Wildman–Crippen MR) is 225 cm³/mol. The second kappa shape index (κ2) is 17.1. The van der Waals surface area contributed by atoms with E-state index in [1.54, 1.807) is 0 Å². The third-order valence-electron chi connectivity index (χ3n) is 10.2. The highest BCUT2D eigenvalue weighted by atomic mass is 15.2. The van der Waals surface area contributed by atoms with Gasteiger partial charge in [-0.2, -0.15) is 0 Å². The van der Waals surface area contributed by atoms with E-state index in [1.165, 1.54) is 54.9 Å². The summed E-state index contributed by atoms with van der Waals surface area (Å²) in [4.78, 5) is 5.11. The molecule has 0 saturated heterocycles. The molecule has 0 spiro atoms. The van der Waals surface area contributed by atoms with E-state index in [1.807, 2.05) is 0 Å². The average molecular weight is 697 g/mol. The molecule has 2 nitrogen and oxygen atoms in total. The SMILES string of the molecule is C(#CC(c1cccc2ccccc12)N(Cc1ccccc1)Cc1ccccc1)C(c1cccc2ccccc12)N(Cc1ccccc1)Cc1ccccc1. The Bertz CT molecular complexity index is 2200. The predicted octanol–water partition coefficient (Wildman–Crippen LogP) is 12.2. The zero-order valence-corrected chi connectivity index (χ0v) is 30.5. The fourth-order valence-electron chi connectivity index (χ4n) is 7.62. The summed E-state index contributed by atoms with van der Waals surface area (Å²) in [6.07, 6.45) is 0. The lowest BCUT2D eigenvalue weighted by atomic mass is 9.94. The molecule has 0 saturated carbocycles. The van der Waals surface area contributed by atoms with Crippen LogP contribution in [0.3, 0.4) is 0 Å². The highest BCUT2D eigenvalue weighted by molar-refractivity contribution is 5.87. The molecule has 262 valence electrons. The van der Waals surface area contributed by atoms with Crippen molar-refractivity contribution < 1.29 is 0 Å². The Hall–Kier alpha value is -6.24. The quantitative estimate of drug-likeness (QED) is 0.117. The number of fused-ring (bicyclic) bond motifs is 2. The Morgan fingerprint density at radius 2 is 0.574 bits per heavy atom. The van der Waals surface area contributed by atoms with Crippen LogP contribution in [0.5, 0.6) is 0 Å². The Morgan fingerprint density at radius 1 is 0.296 bits per heavy atom. The molecule has 8 rings (SSSR count).